The molecule has 2 rings (SSSR count). The van der Waals surface area contributed by atoms with Gasteiger partial charge in [0.2, 0.25) is 0 Å². The third-order valence-electron chi connectivity index (χ3n) is 2.17. The quantitative estimate of drug-likeness (QED) is 0.919. The van der Waals surface area contributed by atoms with Crippen molar-refractivity contribution in [3.63, 3.8) is 0 Å². The maximum atomic E-state index is 9.97. The first kappa shape index (κ1) is 11.4. The van der Waals surface area contributed by atoms with Crippen molar-refractivity contribution < 1.29 is 5.11 Å². The molecule has 1 aromatic carbocycles. The molecule has 0 aliphatic heterocycles. The molecule has 0 amide bonds. The first-order chi connectivity index (χ1) is 7.68. The average Bonchev–Trinajstić information content (AvgIpc) is 2.74. The minimum atomic E-state index is -0.757. The van der Waals surface area contributed by atoms with Crippen LogP contribution in [0.5, 0.6) is 0 Å². The van der Waals surface area contributed by atoms with Crippen LogP contribution in [0.4, 0.5) is 0 Å². The summed E-state index contributed by atoms with van der Waals surface area (Å²) in [6.45, 7) is 0.292. The molecule has 0 bridgehead atoms. The van der Waals surface area contributed by atoms with Crippen LogP contribution < -0.4 is 0 Å². The highest BCUT2D eigenvalue weighted by atomic mass is 35.5. The van der Waals surface area contributed by atoms with Crippen LogP contribution in [0.2, 0.25) is 10.0 Å². The van der Waals surface area contributed by atoms with Gasteiger partial charge in [-0.25, -0.2) is 4.98 Å². The lowest BCUT2D eigenvalue weighted by Gasteiger charge is -2.12. The summed E-state index contributed by atoms with van der Waals surface area (Å²) in [5.74, 6) is 0. The van der Waals surface area contributed by atoms with E-state index >= 15 is 0 Å². The Morgan fingerprint density at radius 3 is 2.88 bits per heavy atom. The Bertz CT molecular complexity index is 473. The molecule has 0 aliphatic rings. The number of rotatable bonds is 3. The normalized spacial score (nSPS) is 12.7. The van der Waals surface area contributed by atoms with Gasteiger partial charge in [0.25, 0.3) is 0 Å². The molecule has 1 heterocycles. The molecule has 6 heteroatoms. The van der Waals surface area contributed by atoms with Gasteiger partial charge in [-0.05, 0) is 6.07 Å². The van der Waals surface area contributed by atoms with Gasteiger partial charge in [0.05, 0.1) is 16.6 Å². The Kier molecular flexibility index (Phi) is 3.43. The summed E-state index contributed by atoms with van der Waals surface area (Å²) < 4.78 is 1.53. The van der Waals surface area contributed by atoms with E-state index in [2.05, 4.69) is 10.1 Å². The Labute approximate surface area is 102 Å². The van der Waals surface area contributed by atoms with Gasteiger partial charge in [0.15, 0.2) is 0 Å². The van der Waals surface area contributed by atoms with Crippen molar-refractivity contribution in [1.29, 1.82) is 0 Å². The second kappa shape index (κ2) is 4.82. The largest absolute Gasteiger partial charge is 0.386 e. The molecular formula is C10H9Cl2N3O. The third-order valence-corrected chi connectivity index (χ3v) is 3.00. The minimum absolute atomic E-state index is 0.292. The molecule has 84 valence electrons. The van der Waals surface area contributed by atoms with Crippen LogP contribution >= 0.6 is 23.2 Å². The molecule has 1 N–H and O–H groups in total. The van der Waals surface area contributed by atoms with Crippen molar-refractivity contribution >= 4 is 23.2 Å². The van der Waals surface area contributed by atoms with E-state index in [-0.39, 0.29) is 0 Å². The number of halogens is 2. The van der Waals surface area contributed by atoms with E-state index in [1.165, 1.54) is 17.3 Å². The summed E-state index contributed by atoms with van der Waals surface area (Å²) in [5, 5.41) is 14.7. The molecule has 0 spiro atoms. The lowest BCUT2D eigenvalue weighted by molar-refractivity contribution is 0.151. The number of aliphatic hydroxyl groups is 1. The topological polar surface area (TPSA) is 50.9 Å². The molecule has 1 atom stereocenters. The van der Waals surface area contributed by atoms with Crippen LogP contribution in [0, 0.1) is 0 Å². The Morgan fingerprint density at radius 1 is 1.38 bits per heavy atom. The zero-order chi connectivity index (χ0) is 11.5. The average molecular weight is 258 g/mol. The van der Waals surface area contributed by atoms with E-state index in [0.717, 1.165) is 0 Å². The summed E-state index contributed by atoms with van der Waals surface area (Å²) in [6, 6.07) is 5.15. The Morgan fingerprint density at radius 2 is 2.19 bits per heavy atom. The van der Waals surface area contributed by atoms with Crippen molar-refractivity contribution in [2.45, 2.75) is 12.6 Å². The number of aromatic nitrogens is 3. The van der Waals surface area contributed by atoms with Crippen molar-refractivity contribution in [2.75, 3.05) is 0 Å². The summed E-state index contributed by atoms with van der Waals surface area (Å²) in [4.78, 5) is 3.79. The van der Waals surface area contributed by atoms with Crippen molar-refractivity contribution in [3.05, 3.63) is 46.5 Å². The fourth-order valence-electron chi connectivity index (χ4n) is 1.38. The molecule has 0 fully saturated rings. The van der Waals surface area contributed by atoms with Crippen molar-refractivity contribution in [3.8, 4) is 0 Å². The fourth-order valence-corrected chi connectivity index (χ4v) is 1.81. The van der Waals surface area contributed by atoms with Gasteiger partial charge in [-0.3, -0.25) is 4.68 Å². The molecule has 1 aromatic heterocycles. The molecular weight excluding hydrogens is 249 g/mol. The zero-order valence-electron chi connectivity index (χ0n) is 8.22. The van der Waals surface area contributed by atoms with Crippen LogP contribution in [0.1, 0.15) is 11.7 Å². The maximum absolute atomic E-state index is 9.97. The number of hydrogen-bond donors (Lipinski definition) is 1. The molecule has 4 nitrogen and oxygen atoms in total. The smallest absolute Gasteiger partial charge is 0.137 e. The highest BCUT2D eigenvalue weighted by molar-refractivity contribution is 6.42. The van der Waals surface area contributed by atoms with Gasteiger partial charge in [-0.2, -0.15) is 5.10 Å². The Balaban J connectivity index is 2.21. The first-order valence-electron chi connectivity index (χ1n) is 4.63. The van der Waals surface area contributed by atoms with Gasteiger partial charge >= 0.3 is 0 Å². The molecule has 0 aliphatic carbocycles. The lowest BCUT2D eigenvalue weighted by atomic mass is 10.1. The summed E-state index contributed by atoms with van der Waals surface area (Å²) in [5.41, 5.74) is 0.588. The SMILES string of the molecule is OC(Cn1cncn1)c1cccc(Cl)c1Cl. The summed E-state index contributed by atoms with van der Waals surface area (Å²) in [7, 11) is 0. The monoisotopic (exact) mass is 257 g/mol. The van der Waals surface area contributed by atoms with Gasteiger partial charge in [0.1, 0.15) is 18.8 Å². The Hall–Kier alpha value is -1.10. The van der Waals surface area contributed by atoms with Crippen molar-refractivity contribution in [1.82, 2.24) is 14.8 Å². The van der Waals surface area contributed by atoms with Crippen LogP contribution in [0.25, 0.3) is 0 Å². The highest BCUT2D eigenvalue weighted by Crippen LogP contribution is 2.30. The summed E-state index contributed by atoms with van der Waals surface area (Å²) >= 11 is 11.9. The fraction of sp³-hybridized carbons (Fsp3) is 0.200. The van der Waals surface area contributed by atoms with E-state index in [1.807, 2.05) is 0 Å². The molecule has 0 saturated heterocycles. The van der Waals surface area contributed by atoms with Crippen LogP contribution in [-0.2, 0) is 6.54 Å². The van der Waals surface area contributed by atoms with Crippen molar-refractivity contribution in [2.24, 2.45) is 0 Å². The van der Waals surface area contributed by atoms with Crippen LogP contribution in [-0.4, -0.2) is 19.9 Å². The van der Waals surface area contributed by atoms with Crippen LogP contribution in [0.15, 0.2) is 30.9 Å². The predicted molar refractivity (Wildman–Crippen MR) is 61.4 cm³/mol. The number of aliphatic hydroxyl groups excluding tert-OH is 1. The zero-order valence-corrected chi connectivity index (χ0v) is 9.73. The molecule has 2 aromatic rings. The molecule has 0 radical (unpaired) electrons. The van der Waals surface area contributed by atoms with Gasteiger partial charge in [0, 0.05) is 5.56 Å². The minimum Gasteiger partial charge on any atom is -0.386 e. The standard InChI is InChI=1S/C10H9Cl2N3O/c11-8-3-1-2-7(10(8)12)9(16)4-15-6-13-5-14-15/h1-3,5-6,9,16H,4H2. The number of nitrogens with zero attached hydrogens (tertiary/aromatic N) is 3. The highest BCUT2D eigenvalue weighted by Gasteiger charge is 2.14. The van der Waals surface area contributed by atoms with E-state index in [4.69, 9.17) is 23.2 Å². The second-order valence-electron chi connectivity index (χ2n) is 3.28. The van der Waals surface area contributed by atoms with Crippen LogP contribution in [0.3, 0.4) is 0 Å². The third kappa shape index (κ3) is 2.35. The summed E-state index contributed by atoms with van der Waals surface area (Å²) in [6.07, 6.45) is 2.18. The first-order valence-corrected chi connectivity index (χ1v) is 5.38. The molecule has 16 heavy (non-hydrogen) atoms. The van der Waals surface area contributed by atoms with Gasteiger partial charge in [-0.15, -0.1) is 0 Å². The number of hydrogen-bond acceptors (Lipinski definition) is 3. The van der Waals surface area contributed by atoms with E-state index in [1.54, 1.807) is 18.2 Å². The lowest BCUT2D eigenvalue weighted by Crippen LogP contribution is -2.09. The maximum Gasteiger partial charge on any atom is 0.137 e. The second-order valence-corrected chi connectivity index (χ2v) is 4.06. The molecule has 0 saturated carbocycles. The van der Waals surface area contributed by atoms with E-state index in [0.29, 0.717) is 22.2 Å². The molecule has 1 unspecified atom stereocenters. The van der Waals surface area contributed by atoms with Gasteiger partial charge < -0.3 is 5.11 Å². The van der Waals surface area contributed by atoms with E-state index in [9.17, 15) is 5.11 Å². The van der Waals surface area contributed by atoms with E-state index < -0.39 is 6.10 Å². The predicted octanol–water partition coefficient (Wildman–Crippen LogP) is 2.32. The number of benzene rings is 1. The van der Waals surface area contributed by atoms with Gasteiger partial charge in [-0.1, -0.05) is 35.3 Å².